The van der Waals surface area contributed by atoms with Crippen LogP contribution in [-0.4, -0.2) is 41.9 Å². The Kier molecular flexibility index (Phi) is 5.84. The van der Waals surface area contributed by atoms with Crippen molar-refractivity contribution in [2.45, 2.75) is 24.2 Å². The highest BCUT2D eigenvalue weighted by atomic mass is 32.2. The van der Waals surface area contributed by atoms with Crippen molar-refractivity contribution >= 4 is 11.8 Å². The second kappa shape index (κ2) is 7.67. The van der Waals surface area contributed by atoms with E-state index >= 15 is 0 Å². The summed E-state index contributed by atoms with van der Waals surface area (Å²) in [6, 6.07) is 9.60. The molecule has 3 nitrogen and oxygen atoms in total. The highest BCUT2D eigenvalue weighted by Gasteiger charge is 2.15. The molecule has 1 aliphatic rings. The Morgan fingerprint density at radius 2 is 2.22 bits per heavy atom. The summed E-state index contributed by atoms with van der Waals surface area (Å²) in [6.07, 6.45) is 2.18. The summed E-state index contributed by atoms with van der Waals surface area (Å²) < 4.78 is 5.50. The van der Waals surface area contributed by atoms with Gasteiger partial charge in [-0.05, 0) is 30.7 Å². The SMILES string of the molecule is OC(CNCC1CCCS1)COc1ccccc1. The molecule has 2 N–H and O–H groups in total. The second-order valence-electron chi connectivity index (χ2n) is 4.57. The molecular weight excluding hydrogens is 246 g/mol. The summed E-state index contributed by atoms with van der Waals surface area (Å²) in [6.45, 7) is 1.94. The summed E-state index contributed by atoms with van der Waals surface area (Å²) in [4.78, 5) is 0. The van der Waals surface area contributed by atoms with Crippen LogP contribution in [-0.2, 0) is 0 Å². The van der Waals surface area contributed by atoms with Crippen LogP contribution in [0.5, 0.6) is 5.75 Å². The largest absolute Gasteiger partial charge is 0.491 e. The van der Waals surface area contributed by atoms with Crippen molar-refractivity contribution in [2.75, 3.05) is 25.4 Å². The van der Waals surface area contributed by atoms with Crippen molar-refractivity contribution in [1.82, 2.24) is 5.32 Å². The maximum Gasteiger partial charge on any atom is 0.119 e. The van der Waals surface area contributed by atoms with Gasteiger partial charge in [0.25, 0.3) is 0 Å². The highest BCUT2D eigenvalue weighted by Crippen LogP contribution is 2.25. The standard InChI is InChI=1S/C14H21NO2S/c16-12(9-15-10-14-7-4-8-18-14)11-17-13-5-2-1-3-6-13/h1-3,5-6,12,14-16H,4,7-11H2. The molecule has 1 aromatic carbocycles. The summed E-state index contributed by atoms with van der Waals surface area (Å²) in [7, 11) is 0. The van der Waals surface area contributed by atoms with Crippen LogP contribution in [0.25, 0.3) is 0 Å². The summed E-state index contributed by atoms with van der Waals surface area (Å²) in [5.41, 5.74) is 0. The Balaban J connectivity index is 1.56. The number of para-hydroxylation sites is 1. The lowest BCUT2D eigenvalue weighted by Gasteiger charge is -2.15. The molecule has 1 heterocycles. The topological polar surface area (TPSA) is 41.5 Å². The summed E-state index contributed by atoms with van der Waals surface area (Å²) >= 11 is 2.03. The Morgan fingerprint density at radius 1 is 1.39 bits per heavy atom. The molecule has 0 radical (unpaired) electrons. The Hall–Kier alpha value is -0.710. The number of benzene rings is 1. The molecule has 0 bridgehead atoms. The Bertz CT molecular complexity index is 328. The molecule has 0 aromatic heterocycles. The molecule has 100 valence electrons. The molecule has 0 spiro atoms. The van der Waals surface area contributed by atoms with Gasteiger partial charge in [0.05, 0.1) is 0 Å². The van der Waals surface area contributed by atoms with Crippen LogP contribution >= 0.6 is 11.8 Å². The third-order valence-corrected chi connectivity index (χ3v) is 4.36. The van der Waals surface area contributed by atoms with Gasteiger partial charge in [0.15, 0.2) is 0 Å². The number of aliphatic hydroxyl groups is 1. The number of thioether (sulfide) groups is 1. The van der Waals surface area contributed by atoms with Gasteiger partial charge >= 0.3 is 0 Å². The lowest BCUT2D eigenvalue weighted by Crippen LogP contribution is -2.34. The maximum atomic E-state index is 9.79. The zero-order chi connectivity index (χ0) is 12.6. The molecule has 1 saturated heterocycles. The molecule has 18 heavy (non-hydrogen) atoms. The van der Waals surface area contributed by atoms with Crippen LogP contribution < -0.4 is 10.1 Å². The Morgan fingerprint density at radius 3 is 2.94 bits per heavy atom. The number of rotatable bonds is 7. The van der Waals surface area contributed by atoms with E-state index in [0.29, 0.717) is 13.2 Å². The molecule has 4 heteroatoms. The first-order valence-electron chi connectivity index (χ1n) is 6.53. The van der Waals surface area contributed by atoms with E-state index in [1.165, 1.54) is 18.6 Å². The third kappa shape index (κ3) is 4.88. The van der Waals surface area contributed by atoms with Crippen molar-refractivity contribution in [3.05, 3.63) is 30.3 Å². The monoisotopic (exact) mass is 267 g/mol. The van der Waals surface area contributed by atoms with Gasteiger partial charge in [-0.1, -0.05) is 18.2 Å². The highest BCUT2D eigenvalue weighted by molar-refractivity contribution is 8.00. The van der Waals surface area contributed by atoms with Gasteiger partial charge in [-0.3, -0.25) is 0 Å². The Labute approximate surface area is 113 Å². The average Bonchev–Trinajstić information content (AvgIpc) is 2.91. The number of nitrogens with one attached hydrogen (secondary N) is 1. The molecule has 2 atom stereocenters. The van der Waals surface area contributed by atoms with E-state index in [0.717, 1.165) is 17.5 Å². The van der Waals surface area contributed by atoms with Crippen molar-refractivity contribution in [2.24, 2.45) is 0 Å². The molecule has 0 saturated carbocycles. The van der Waals surface area contributed by atoms with E-state index in [-0.39, 0.29) is 0 Å². The van der Waals surface area contributed by atoms with Crippen molar-refractivity contribution in [3.8, 4) is 5.75 Å². The predicted molar refractivity (Wildman–Crippen MR) is 76.3 cm³/mol. The third-order valence-electron chi connectivity index (χ3n) is 2.96. The van der Waals surface area contributed by atoms with Gasteiger partial charge in [0.2, 0.25) is 0 Å². The summed E-state index contributed by atoms with van der Waals surface area (Å²) in [5.74, 6) is 2.09. The minimum Gasteiger partial charge on any atom is -0.491 e. The average molecular weight is 267 g/mol. The first-order chi connectivity index (χ1) is 8.84. The fourth-order valence-electron chi connectivity index (χ4n) is 1.98. The molecular formula is C14H21NO2S. The van der Waals surface area contributed by atoms with Gasteiger partial charge in [-0.25, -0.2) is 0 Å². The van der Waals surface area contributed by atoms with Gasteiger partial charge in [-0.15, -0.1) is 0 Å². The van der Waals surface area contributed by atoms with Crippen molar-refractivity contribution < 1.29 is 9.84 Å². The molecule has 2 rings (SSSR count). The minimum atomic E-state index is -0.448. The van der Waals surface area contributed by atoms with Gasteiger partial charge in [-0.2, -0.15) is 11.8 Å². The van der Waals surface area contributed by atoms with E-state index in [9.17, 15) is 5.11 Å². The van der Waals surface area contributed by atoms with E-state index in [2.05, 4.69) is 5.32 Å². The van der Waals surface area contributed by atoms with Crippen LogP contribution in [0.4, 0.5) is 0 Å². The van der Waals surface area contributed by atoms with E-state index in [1.807, 2.05) is 42.1 Å². The second-order valence-corrected chi connectivity index (χ2v) is 5.98. The van der Waals surface area contributed by atoms with Crippen LogP contribution in [0.1, 0.15) is 12.8 Å². The molecule has 1 aliphatic heterocycles. The fraction of sp³-hybridized carbons (Fsp3) is 0.571. The minimum absolute atomic E-state index is 0.342. The van der Waals surface area contributed by atoms with Crippen molar-refractivity contribution in [3.63, 3.8) is 0 Å². The van der Waals surface area contributed by atoms with Crippen LogP contribution in [0, 0.1) is 0 Å². The van der Waals surface area contributed by atoms with Crippen LogP contribution in [0.2, 0.25) is 0 Å². The first kappa shape index (κ1) is 13.7. The van der Waals surface area contributed by atoms with Crippen LogP contribution in [0.15, 0.2) is 30.3 Å². The molecule has 2 unspecified atom stereocenters. The first-order valence-corrected chi connectivity index (χ1v) is 7.57. The zero-order valence-electron chi connectivity index (χ0n) is 10.5. The molecule has 0 aliphatic carbocycles. The number of hydrogen-bond donors (Lipinski definition) is 2. The number of aliphatic hydroxyl groups excluding tert-OH is 1. The van der Waals surface area contributed by atoms with Crippen molar-refractivity contribution in [1.29, 1.82) is 0 Å². The lowest BCUT2D eigenvalue weighted by atomic mass is 10.2. The zero-order valence-corrected chi connectivity index (χ0v) is 11.4. The quantitative estimate of drug-likeness (QED) is 0.792. The van der Waals surface area contributed by atoms with E-state index in [1.54, 1.807) is 0 Å². The predicted octanol–water partition coefficient (Wildman–Crippen LogP) is 1.91. The maximum absolute atomic E-state index is 9.79. The number of ether oxygens (including phenoxy) is 1. The fourth-order valence-corrected chi connectivity index (χ4v) is 3.22. The van der Waals surface area contributed by atoms with Gasteiger partial charge in [0.1, 0.15) is 18.5 Å². The van der Waals surface area contributed by atoms with E-state index < -0.39 is 6.10 Å². The van der Waals surface area contributed by atoms with E-state index in [4.69, 9.17) is 4.74 Å². The van der Waals surface area contributed by atoms with Gasteiger partial charge in [0, 0.05) is 18.3 Å². The number of hydrogen-bond acceptors (Lipinski definition) is 4. The van der Waals surface area contributed by atoms with Crippen LogP contribution in [0.3, 0.4) is 0 Å². The normalized spacial score (nSPS) is 20.8. The lowest BCUT2D eigenvalue weighted by molar-refractivity contribution is 0.106. The molecule has 0 amide bonds. The molecule has 1 fully saturated rings. The summed E-state index contributed by atoms with van der Waals surface area (Å²) in [5, 5.41) is 13.8. The van der Waals surface area contributed by atoms with Gasteiger partial charge < -0.3 is 15.2 Å². The smallest absolute Gasteiger partial charge is 0.119 e. The molecule has 1 aromatic rings.